The van der Waals surface area contributed by atoms with Gasteiger partial charge in [0.1, 0.15) is 5.82 Å². The molecule has 0 aliphatic rings. The minimum absolute atomic E-state index is 0.176. The highest BCUT2D eigenvalue weighted by molar-refractivity contribution is 7.89. The van der Waals surface area contributed by atoms with Gasteiger partial charge in [-0.1, -0.05) is 13.8 Å². The standard InChI is InChI=1S/C18H24N4O3S/c1-5-22(6-2)26(24,25)16-10-7-14(8-11-16)18(23)20-15-9-12-17(19-13-15)21(3)4/h7-13H,5-6H2,1-4H3,(H,20,23). The lowest BCUT2D eigenvalue weighted by atomic mass is 10.2. The number of nitrogens with zero attached hydrogens (tertiary/aromatic N) is 3. The molecule has 2 aromatic rings. The van der Waals surface area contributed by atoms with E-state index in [4.69, 9.17) is 0 Å². The molecule has 7 nitrogen and oxygen atoms in total. The number of carbonyl (C=O) groups excluding carboxylic acids is 1. The van der Waals surface area contributed by atoms with Gasteiger partial charge in [-0.25, -0.2) is 13.4 Å². The maximum absolute atomic E-state index is 12.5. The van der Waals surface area contributed by atoms with Crippen molar-refractivity contribution >= 4 is 27.4 Å². The molecular formula is C18H24N4O3S. The molecule has 2 rings (SSSR count). The highest BCUT2D eigenvalue weighted by atomic mass is 32.2. The monoisotopic (exact) mass is 376 g/mol. The number of sulfonamides is 1. The molecule has 0 saturated heterocycles. The van der Waals surface area contributed by atoms with Gasteiger partial charge in [0.25, 0.3) is 5.91 Å². The molecule has 0 atom stereocenters. The van der Waals surface area contributed by atoms with Gasteiger partial charge in [-0.2, -0.15) is 4.31 Å². The summed E-state index contributed by atoms with van der Waals surface area (Å²) in [7, 11) is 0.238. The first kappa shape index (κ1) is 19.9. The summed E-state index contributed by atoms with van der Waals surface area (Å²) in [5, 5.41) is 2.75. The summed E-state index contributed by atoms with van der Waals surface area (Å²) in [5.41, 5.74) is 0.945. The zero-order valence-corrected chi connectivity index (χ0v) is 16.2. The van der Waals surface area contributed by atoms with Crippen LogP contribution in [0.3, 0.4) is 0 Å². The molecule has 1 heterocycles. The molecule has 0 fully saturated rings. The summed E-state index contributed by atoms with van der Waals surface area (Å²) in [5.74, 6) is 0.463. The lowest BCUT2D eigenvalue weighted by Crippen LogP contribution is -2.30. The van der Waals surface area contributed by atoms with Crippen LogP contribution in [0.1, 0.15) is 24.2 Å². The second-order valence-electron chi connectivity index (χ2n) is 5.87. The fraction of sp³-hybridized carbons (Fsp3) is 0.333. The number of amides is 1. The molecule has 140 valence electrons. The Hall–Kier alpha value is -2.45. The summed E-state index contributed by atoms with van der Waals surface area (Å²) >= 11 is 0. The average molecular weight is 376 g/mol. The van der Waals surface area contributed by atoms with Gasteiger partial charge in [0.2, 0.25) is 10.0 Å². The van der Waals surface area contributed by atoms with Crippen LogP contribution in [0.2, 0.25) is 0 Å². The largest absolute Gasteiger partial charge is 0.363 e. The van der Waals surface area contributed by atoms with E-state index in [9.17, 15) is 13.2 Å². The Kier molecular flexibility index (Phi) is 6.33. The van der Waals surface area contributed by atoms with E-state index in [-0.39, 0.29) is 10.8 Å². The van der Waals surface area contributed by atoms with Gasteiger partial charge >= 0.3 is 0 Å². The van der Waals surface area contributed by atoms with Crippen molar-refractivity contribution in [3.8, 4) is 0 Å². The second-order valence-corrected chi connectivity index (χ2v) is 7.81. The summed E-state index contributed by atoms with van der Waals surface area (Å²) in [6.07, 6.45) is 1.58. The molecule has 1 aromatic carbocycles. The molecule has 1 N–H and O–H groups in total. The first-order valence-electron chi connectivity index (χ1n) is 8.34. The quantitative estimate of drug-likeness (QED) is 0.802. The van der Waals surface area contributed by atoms with Crippen molar-refractivity contribution in [2.24, 2.45) is 0 Å². The smallest absolute Gasteiger partial charge is 0.255 e. The fourth-order valence-corrected chi connectivity index (χ4v) is 3.88. The minimum atomic E-state index is -3.53. The van der Waals surface area contributed by atoms with Gasteiger partial charge < -0.3 is 10.2 Å². The van der Waals surface area contributed by atoms with E-state index in [1.165, 1.54) is 28.6 Å². The maximum atomic E-state index is 12.5. The van der Waals surface area contributed by atoms with Crippen LogP contribution in [0.4, 0.5) is 11.5 Å². The number of aromatic nitrogens is 1. The lowest BCUT2D eigenvalue weighted by Gasteiger charge is -2.18. The Labute approximate surface area is 154 Å². The Balaban J connectivity index is 2.13. The van der Waals surface area contributed by atoms with Crippen LogP contribution in [0.15, 0.2) is 47.5 Å². The Morgan fingerprint density at radius 1 is 1.04 bits per heavy atom. The van der Waals surface area contributed by atoms with Crippen molar-refractivity contribution in [3.05, 3.63) is 48.2 Å². The van der Waals surface area contributed by atoms with Crippen molar-refractivity contribution in [2.45, 2.75) is 18.7 Å². The summed E-state index contributed by atoms with van der Waals surface area (Å²) in [6, 6.07) is 9.49. The van der Waals surface area contributed by atoms with E-state index in [0.717, 1.165) is 5.82 Å². The number of hydrogen-bond acceptors (Lipinski definition) is 5. The van der Waals surface area contributed by atoms with Crippen LogP contribution in [-0.2, 0) is 10.0 Å². The predicted molar refractivity (Wildman–Crippen MR) is 103 cm³/mol. The third kappa shape index (κ3) is 4.39. The number of hydrogen-bond donors (Lipinski definition) is 1. The SMILES string of the molecule is CCN(CC)S(=O)(=O)c1ccc(C(=O)Nc2ccc(N(C)C)nc2)cc1. The maximum Gasteiger partial charge on any atom is 0.255 e. The number of nitrogens with one attached hydrogen (secondary N) is 1. The van der Waals surface area contributed by atoms with Crippen LogP contribution in [0.5, 0.6) is 0 Å². The van der Waals surface area contributed by atoms with Gasteiger partial charge in [0.15, 0.2) is 0 Å². The number of carbonyl (C=O) groups is 1. The van der Waals surface area contributed by atoms with Crippen molar-refractivity contribution in [3.63, 3.8) is 0 Å². The third-order valence-corrected chi connectivity index (χ3v) is 5.99. The van der Waals surface area contributed by atoms with Gasteiger partial charge in [-0.05, 0) is 36.4 Å². The lowest BCUT2D eigenvalue weighted by molar-refractivity contribution is 0.102. The molecule has 26 heavy (non-hydrogen) atoms. The van der Waals surface area contributed by atoms with Crippen molar-refractivity contribution in [1.29, 1.82) is 0 Å². The zero-order valence-electron chi connectivity index (χ0n) is 15.4. The molecule has 0 aliphatic carbocycles. The van der Waals surface area contributed by atoms with Crippen LogP contribution in [0, 0.1) is 0 Å². The zero-order chi connectivity index (χ0) is 19.3. The number of anilines is 2. The third-order valence-electron chi connectivity index (χ3n) is 3.92. The molecule has 0 radical (unpaired) electrons. The Bertz CT molecular complexity index is 843. The van der Waals surface area contributed by atoms with Crippen molar-refractivity contribution in [1.82, 2.24) is 9.29 Å². The molecule has 0 bridgehead atoms. The van der Waals surface area contributed by atoms with Crippen LogP contribution >= 0.6 is 0 Å². The Morgan fingerprint density at radius 3 is 2.12 bits per heavy atom. The number of rotatable bonds is 7. The van der Waals surface area contributed by atoms with Gasteiger partial charge in [-0.15, -0.1) is 0 Å². The molecule has 8 heteroatoms. The number of benzene rings is 1. The topological polar surface area (TPSA) is 82.6 Å². The summed E-state index contributed by atoms with van der Waals surface area (Å²) < 4.78 is 26.3. The van der Waals surface area contributed by atoms with E-state index < -0.39 is 10.0 Å². The molecule has 0 aliphatic heterocycles. The Morgan fingerprint density at radius 2 is 1.65 bits per heavy atom. The molecule has 0 unspecified atom stereocenters. The second kappa shape index (κ2) is 8.29. The van der Waals surface area contributed by atoms with Gasteiger partial charge in [0, 0.05) is 32.7 Å². The molecule has 1 aromatic heterocycles. The molecular weight excluding hydrogens is 352 g/mol. The van der Waals surface area contributed by atoms with Crippen LogP contribution in [0.25, 0.3) is 0 Å². The van der Waals surface area contributed by atoms with Crippen molar-refractivity contribution < 1.29 is 13.2 Å². The predicted octanol–water partition coefficient (Wildman–Crippen LogP) is 2.43. The first-order valence-corrected chi connectivity index (χ1v) is 9.78. The molecule has 1 amide bonds. The van der Waals surface area contributed by atoms with E-state index in [0.29, 0.717) is 24.3 Å². The molecule has 0 saturated carbocycles. The number of pyridine rings is 1. The van der Waals surface area contributed by atoms with E-state index in [1.54, 1.807) is 32.2 Å². The minimum Gasteiger partial charge on any atom is -0.363 e. The summed E-state index contributed by atoms with van der Waals surface area (Å²) in [4.78, 5) is 18.6. The highest BCUT2D eigenvalue weighted by Crippen LogP contribution is 2.17. The molecule has 0 spiro atoms. The van der Waals surface area contributed by atoms with Crippen LogP contribution < -0.4 is 10.2 Å². The first-order chi connectivity index (χ1) is 12.3. The van der Waals surface area contributed by atoms with E-state index in [1.807, 2.05) is 19.0 Å². The van der Waals surface area contributed by atoms with Crippen LogP contribution in [-0.4, -0.2) is 50.8 Å². The normalized spacial score (nSPS) is 11.4. The highest BCUT2D eigenvalue weighted by Gasteiger charge is 2.21. The summed E-state index contributed by atoms with van der Waals surface area (Å²) in [6.45, 7) is 4.38. The van der Waals surface area contributed by atoms with Gasteiger partial charge in [-0.3, -0.25) is 4.79 Å². The van der Waals surface area contributed by atoms with E-state index >= 15 is 0 Å². The van der Waals surface area contributed by atoms with E-state index in [2.05, 4.69) is 10.3 Å². The average Bonchev–Trinajstić information content (AvgIpc) is 2.63. The fourth-order valence-electron chi connectivity index (χ4n) is 2.42. The van der Waals surface area contributed by atoms with Crippen molar-refractivity contribution in [2.75, 3.05) is 37.4 Å². The van der Waals surface area contributed by atoms with Gasteiger partial charge in [0.05, 0.1) is 16.8 Å².